The van der Waals surface area contributed by atoms with Crippen LogP contribution < -0.4 is 15.5 Å². The molecule has 0 radical (unpaired) electrons. The minimum atomic E-state index is -1.91. The quantitative estimate of drug-likeness (QED) is 0.148. The van der Waals surface area contributed by atoms with Crippen molar-refractivity contribution in [2.24, 2.45) is 0 Å². The maximum atomic E-state index is 13.1. The highest BCUT2D eigenvalue weighted by Crippen LogP contribution is 2.40. The minimum Gasteiger partial charge on any atom is -0.394 e. The predicted molar refractivity (Wildman–Crippen MR) is 140 cm³/mol. The average molecular weight is 789 g/mol. The fraction of sp³-hybridized carbons (Fsp3) is 0.444. The maximum Gasteiger partial charge on any atom is 0.254 e. The number of hydrogen-bond acceptors (Lipinski definition) is 8. The lowest BCUT2D eigenvalue weighted by atomic mass is 10.0. The Bertz CT molecular complexity index is 914. The molecular weight excluding hydrogens is 767 g/mol. The van der Waals surface area contributed by atoms with Crippen molar-refractivity contribution in [2.45, 2.75) is 38.2 Å². The van der Waals surface area contributed by atoms with E-state index in [-0.39, 0.29) is 23.4 Å². The summed E-state index contributed by atoms with van der Waals surface area (Å²) in [5.74, 6) is -1.57. The van der Waals surface area contributed by atoms with Gasteiger partial charge in [0.25, 0.3) is 5.91 Å². The number of aldehydes is 1. The van der Waals surface area contributed by atoms with Gasteiger partial charge in [-0.15, -0.1) is 0 Å². The van der Waals surface area contributed by atoms with E-state index in [0.29, 0.717) is 16.4 Å². The summed E-state index contributed by atoms with van der Waals surface area (Å²) >= 11 is 5.65. The summed E-state index contributed by atoms with van der Waals surface area (Å²) in [5, 5.41) is 43.4. The highest BCUT2D eigenvalue weighted by atomic mass is 127. The first-order valence-electron chi connectivity index (χ1n) is 8.93. The van der Waals surface area contributed by atoms with Gasteiger partial charge in [0.1, 0.15) is 30.6 Å². The van der Waals surface area contributed by atoms with Crippen molar-refractivity contribution in [1.82, 2.24) is 5.32 Å². The van der Waals surface area contributed by atoms with Crippen LogP contribution in [0.4, 0.5) is 11.4 Å². The molecule has 0 aliphatic rings. The van der Waals surface area contributed by atoms with Crippen molar-refractivity contribution in [3.05, 3.63) is 16.3 Å². The molecule has 0 saturated carbocycles. The Hall–Kier alpha value is -0.670. The third kappa shape index (κ3) is 6.69. The van der Waals surface area contributed by atoms with Gasteiger partial charge >= 0.3 is 0 Å². The summed E-state index contributed by atoms with van der Waals surface area (Å²) in [6.45, 7) is 1.74. The van der Waals surface area contributed by atoms with Crippen LogP contribution in [0.5, 0.6) is 0 Å². The Morgan fingerprint density at radius 2 is 1.59 bits per heavy atom. The molecule has 3 amide bonds. The van der Waals surface area contributed by atoms with Gasteiger partial charge in [0.15, 0.2) is 0 Å². The summed E-state index contributed by atoms with van der Waals surface area (Å²) in [6.07, 6.45) is -5.36. The number of carbonyl (C=O) groups excluding carboxylic acids is 4. The number of nitrogens with zero attached hydrogens (tertiary/aromatic N) is 1. The van der Waals surface area contributed by atoms with Gasteiger partial charge in [-0.1, -0.05) is 0 Å². The monoisotopic (exact) mass is 789 g/mol. The van der Waals surface area contributed by atoms with Crippen molar-refractivity contribution in [1.29, 1.82) is 0 Å². The van der Waals surface area contributed by atoms with E-state index >= 15 is 0 Å². The standard InChI is InChI=1S/C18H22I3N3O8/c1-6(27)22-14-11(19)10(12(20)15(13(14)21)24(3)7(2)28)18(32)23-8(4-25)16(30)17(31)9(29)5-26/h4,8-9,16-17,26,29-31H,5H2,1-3H3,(H,22,27)(H,23,32)/t8-,9+,16+,17-/m0/s1. The number of benzene rings is 1. The van der Waals surface area contributed by atoms with Crippen LogP contribution in [0, 0.1) is 10.7 Å². The molecule has 1 rings (SSSR count). The van der Waals surface area contributed by atoms with E-state index in [1.807, 2.05) is 67.8 Å². The number of rotatable bonds is 9. The lowest BCUT2D eigenvalue weighted by Gasteiger charge is -2.27. The Morgan fingerprint density at radius 3 is 2.03 bits per heavy atom. The molecular formula is C18H22I3N3O8. The number of hydrogen-bond donors (Lipinski definition) is 6. The number of carbonyl (C=O) groups is 4. The van der Waals surface area contributed by atoms with Gasteiger partial charge in [0, 0.05) is 20.9 Å². The van der Waals surface area contributed by atoms with E-state index in [1.54, 1.807) is 0 Å². The molecule has 178 valence electrons. The summed E-state index contributed by atoms with van der Waals surface area (Å²) in [5.41, 5.74) is 0.660. The number of halogens is 3. The van der Waals surface area contributed by atoms with Crippen molar-refractivity contribution >= 4 is 103 Å². The van der Waals surface area contributed by atoms with Crippen LogP contribution in [0.1, 0.15) is 24.2 Å². The normalized spacial score (nSPS) is 14.7. The molecule has 0 heterocycles. The van der Waals surface area contributed by atoms with Gasteiger partial charge in [-0.3, -0.25) is 14.4 Å². The van der Waals surface area contributed by atoms with Crippen LogP contribution in [-0.2, 0) is 14.4 Å². The molecule has 1 aromatic carbocycles. The van der Waals surface area contributed by atoms with Crippen molar-refractivity contribution in [2.75, 3.05) is 23.9 Å². The third-order valence-electron chi connectivity index (χ3n) is 4.37. The zero-order chi connectivity index (χ0) is 24.9. The Labute approximate surface area is 224 Å². The molecule has 0 bridgehead atoms. The lowest BCUT2D eigenvalue weighted by Crippen LogP contribution is -2.53. The van der Waals surface area contributed by atoms with Crippen LogP contribution in [0.15, 0.2) is 0 Å². The molecule has 1 aromatic rings. The highest BCUT2D eigenvalue weighted by molar-refractivity contribution is 14.1. The molecule has 0 aromatic heterocycles. The second-order valence-electron chi connectivity index (χ2n) is 6.67. The molecule has 0 aliphatic heterocycles. The molecule has 0 aliphatic carbocycles. The van der Waals surface area contributed by atoms with Crippen molar-refractivity contribution in [3.8, 4) is 0 Å². The molecule has 4 atom stereocenters. The van der Waals surface area contributed by atoms with Crippen LogP contribution in [-0.4, -0.2) is 82.4 Å². The number of anilines is 2. The van der Waals surface area contributed by atoms with Gasteiger partial charge in [0.05, 0.1) is 34.3 Å². The van der Waals surface area contributed by atoms with Gasteiger partial charge < -0.3 is 40.8 Å². The zero-order valence-corrected chi connectivity index (χ0v) is 23.6. The van der Waals surface area contributed by atoms with Crippen molar-refractivity contribution in [3.63, 3.8) is 0 Å². The Morgan fingerprint density at radius 1 is 1.03 bits per heavy atom. The molecule has 0 unspecified atom stereocenters. The summed E-state index contributed by atoms with van der Waals surface area (Å²) in [4.78, 5) is 49.6. The first-order valence-corrected chi connectivity index (χ1v) is 12.2. The number of aliphatic hydroxyl groups is 4. The van der Waals surface area contributed by atoms with E-state index in [9.17, 15) is 34.5 Å². The highest BCUT2D eigenvalue weighted by Gasteiger charge is 2.34. The van der Waals surface area contributed by atoms with Crippen LogP contribution in [0.25, 0.3) is 0 Å². The first-order chi connectivity index (χ1) is 14.8. The van der Waals surface area contributed by atoms with Crippen LogP contribution in [0.3, 0.4) is 0 Å². The third-order valence-corrected chi connectivity index (χ3v) is 7.55. The summed E-state index contributed by atoms with van der Waals surface area (Å²) < 4.78 is 1.17. The Kier molecular flexibility index (Phi) is 11.7. The molecule has 14 heteroatoms. The molecule has 0 fully saturated rings. The van der Waals surface area contributed by atoms with E-state index in [2.05, 4.69) is 10.6 Å². The fourth-order valence-electron chi connectivity index (χ4n) is 2.56. The topological polar surface area (TPSA) is 176 Å². The first kappa shape index (κ1) is 29.4. The summed E-state index contributed by atoms with van der Waals surface area (Å²) in [6, 6.07) is -1.62. The van der Waals surface area contributed by atoms with E-state index in [1.165, 1.54) is 25.8 Å². The number of nitrogens with one attached hydrogen (secondary N) is 2. The number of amides is 3. The van der Waals surface area contributed by atoms with E-state index < -0.39 is 42.8 Å². The summed E-state index contributed by atoms with van der Waals surface area (Å²) in [7, 11) is 1.50. The average Bonchev–Trinajstić information content (AvgIpc) is 2.72. The second kappa shape index (κ2) is 12.7. The lowest BCUT2D eigenvalue weighted by molar-refractivity contribution is -0.119. The largest absolute Gasteiger partial charge is 0.394 e. The molecule has 32 heavy (non-hydrogen) atoms. The van der Waals surface area contributed by atoms with Gasteiger partial charge in [0.2, 0.25) is 11.8 Å². The van der Waals surface area contributed by atoms with E-state index in [4.69, 9.17) is 5.11 Å². The fourth-order valence-corrected chi connectivity index (χ4v) is 7.21. The zero-order valence-electron chi connectivity index (χ0n) is 17.1. The van der Waals surface area contributed by atoms with Crippen LogP contribution >= 0.6 is 67.8 Å². The Balaban J connectivity index is 3.57. The molecule has 11 nitrogen and oxygen atoms in total. The molecule has 0 saturated heterocycles. The van der Waals surface area contributed by atoms with Crippen LogP contribution in [0.2, 0.25) is 0 Å². The molecule has 0 spiro atoms. The van der Waals surface area contributed by atoms with Crippen molar-refractivity contribution < 1.29 is 39.6 Å². The van der Waals surface area contributed by atoms with Gasteiger partial charge in [-0.05, 0) is 67.8 Å². The SMILES string of the molecule is CC(=O)Nc1c(I)c(C(=O)N[C@@H](C=O)[C@@H](O)[C@@H](O)[C@H](O)CO)c(I)c(N(C)C(C)=O)c1I. The second-order valence-corrected chi connectivity index (χ2v) is 9.90. The minimum absolute atomic E-state index is 0.0229. The predicted octanol–water partition coefficient (Wildman–Crippen LogP) is -0.186. The maximum absolute atomic E-state index is 13.1. The number of aliphatic hydroxyl groups excluding tert-OH is 4. The smallest absolute Gasteiger partial charge is 0.254 e. The van der Waals surface area contributed by atoms with E-state index in [0.717, 1.165) is 0 Å². The van der Waals surface area contributed by atoms with Gasteiger partial charge in [-0.2, -0.15) is 0 Å². The molecule has 6 N–H and O–H groups in total. The van der Waals surface area contributed by atoms with Gasteiger partial charge in [-0.25, -0.2) is 0 Å².